The number of hydrogen-bond acceptors (Lipinski definition) is 4. The summed E-state index contributed by atoms with van der Waals surface area (Å²) in [4.78, 5) is 27.2. The minimum Gasteiger partial charge on any atom is -0.481 e. The number of nitrogens with zero attached hydrogens (tertiary/aromatic N) is 1. The lowest BCUT2D eigenvalue weighted by Crippen LogP contribution is -2.25. The number of hydrogen-bond donors (Lipinski definition) is 2. The predicted octanol–water partition coefficient (Wildman–Crippen LogP) is 0.788. The van der Waals surface area contributed by atoms with Crippen LogP contribution >= 0.6 is 11.3 Å². The van der Waals surface area contributed by atoms with E-state index in [0.29, 0.717) is 13.0 Å². The van der Waals surface area contributed by atoms with Gasteiger partial charge in [-0.05, 0) is 13.3 Å². The summed E-state index contributed by atoms with van der Waals surface area (Å²) in [5, 5.41) is 11.4. The highest BCUT2D eigenvalue weighted by Crippen LogP contribution is 2.38. The van der Waals surface area contributed by atoms with Gasteiger partial charge in [0.25, 0.3) is 0 Å². The molecule has 0 saturated heterocycles. The summed E-state index contributed by atoms with van der Waals surface area (Å²) in [6, 6.07) is 0. The first-order valence-electron chi connectivity index (χ1n) is 4.99. The Hall–Kier alpha value is -1.43. The first-order valence-corrected chi connectivity index (χ1v) is 5.87. The molecule has 0 aliphatic heterocycles. The predicted molar refractivity (Wildman–Crippen MR) is 57.9 cm³/mol. The van der Waals surface area contributed by atoms with E-state index in [1.165, 1.54) is 11.3 Å². The van der Waals surface area contributed by atoms with Gasteiger partial charge in [-0.3, -0.25) is 9.59 Å². The van der Waals surface area contributed by atoms with E-state index in [9.17, 15) is 9.59 Å². The van der Waals surface area contributed by atoms with E-state index in [4.69, 9.17) is 5.11 Å². The number of aromatic nitrogens is 1. The topological polar surface area (TPSA) is 79.3 Å². The number of carbonyl (C=O) groups is 2. The standard InChI is InChI=1S/C10H12N2O3S/c1-5-8(16-4-12-5)3-11-9(13)6-2-7(6)10(14)15/h4,6-7H,2-3H2,1H3,(H,11,13)(H,14,15)/t6-,7+/m1/s1. The number of carboxylic acid groups (broad SMARTS) is 1. The third kappa shape index (κ3) is 2.21. The average molecular weight is 240 g/mol. The molecule has 86 valence electrons. The van der Waals surface area contributed by atoms with E-state index in [2.05, 4.69) is 10.3 Å². The summed E-state index contributed by atoms with van der Waals surface area (Å²) < 4.78 is 0. The maximum atomic E-state index is 11.5. The lowest BCUT2D eigenvalue weighted by Gasteiger charge is -2.02. The smallest absolute Gasteiger partial charge is 0.307 e. The molecule has 1 fully saturated rings. The number of thiazole rings is 1. The van der Waals surface area contributed by atoms with Crippen molar-refractivity contribution < 1.29 is 14.7 Å². The zero-order valence-electron chi connectivity index (χ0n) is 8.77. The van der Waals surface area contributed by atoms with Crippen molar-refractivity contribution in [1.29, 1.82) is 0 Å². The van der Waals surface area contributed by atoms with E-state index in [0.717, 1.165) is 10.6 Å². The molecule has 0 spiro atoms. The molecule has 0 bridgehead atoms. The van der Waals surface area contributed by atoms with Crippen molar-refractivity contribution in [1.82, 2.24) is 10.3 Å². The van der Waals surface area contributed by atoms with Gasteiger partial charge in [-0.25, -0.2) is 4.98 Å². The van der Waals surface area contributed by atoms with Crippen molar-refractivity contribution in [2.45, 2.75) is 19.9 Å². The van der Waals surface area contributed by atoms with Gasteiger partial charge >= 0.3 is 5.97 Å². The molecule has 0 aromatic carbocycles. The third-order valence-electron chi connectivity index (χ3n) is 2.71. The summed E-state index contributed by atoms with van der Waals surface area (Å²) >= 11 is 1.49. The van der Waals surface area contributed by atoms with Crippen molar-refractivity contribution in [3.05, 3.63) is 16.1 Å². The van der Waals surface area contributed by atoms with Crippen molar-refractivity contribution in [3.8, 4) is 0 Å². The second-order valence-corrected chi connectivity index (χ2v) is 4.80. The fourth-order valence-electron chi connectivity index (χ4n) is 1.55. The molecule has 5 nitrogen and oxygen atoms in total. The number of aryl methyl sites for hydroxylation is 1. The second-order valence-electron chi connectivity index (χ2n) is 3.87. The van der Waals surface area contributed by atoms with Gasteiger partial charge in [0.2, 0.25) is 5.91 Å². The Labute approximate surface area is 96.5 Å². The highest BCUT2D eigenvalue weighted by Gasteiger charge is 2.48. The Morgan fingerprint density at radius 1 is 1.62 bits per heavy atom. The Morgan fingerprint density at radius 3 is 2.88 bits per heavy atom. The van der Waals surface area contributed by atoms with Crippen LogP contribution in [0.15, 0.2) is 5.51 Å². The molecule has 2 atom stereocenters. The summed E-state index contributed by atoms with van der Waals surface area (Å²) in [6.07, 6.45) is 0.461. The summed E-state index contributed by atoms with van der Waals surface area (Å²) in [5.74, 6) is -1.87. The molecule has 0 unspecified atom stereocenters. The molecule has 1 aliphatic carbocycles. The number of carboxylic acids is 1. The van der Waals surface area contributed by atoms with Gasteiger partial charge in [0.1, 0.15) is 0 Å². The Bertz CT molecular complexity index is 429. The molecule has 1 aromatic heterocycles. The Morgan fingerprint density at radius 2 is 2.38 bits per heavy atom. The number of amides is 1. The Balaban J connectivity index is 1.82. The zero-order chi connectivity index (χ0) is 11.7. The van der Waals surface area contributed by atoms with Crippen LogP contribution in [0.3, 0.4) is 0 Å². The molecular weight excluding hydrogens is 228 g/mol. The van der Waals surface area contributed by atoms with E-state index >= 15 is 0 Å². The fourth-order valence-corrected chi connectivity index (χ4v) is 2.27. The number of nitrogens with one attached hydrogen (secondary N) is 1. The second kappa shape index (κ2) is 4.21. The molecule has 1 saturated carbocycles. The van der Waals surface area contributed by atoms with Crippen molar-refractivity contribution >= 4 is 23.2 Å². The van der Waals surface area contributed by atoms with E-state index in [-0.39, 0.29) is 11.8 Å². The highest BCUT2D eigenvalue weighted by molar-refractivity contribution is 7.09. The van der Waals surface area contributed by atoms with Gasteiger partial charge < -0.3 is 10.4 Å². The van der Waals surface area contributed by atoms with Crippen LogP contribution in [0, 0.1) is 18.8 Å². The van der Waals surface area contributed by atoms with E-state index in [1.807, 2.05) is 6.92 Å². The largest absolute Gasteiger partial charge is 0.481 e. The molecule has 1 aromatic rings. The lowest BCUT2D eigenvalue weighted by atomic mass is 10.3. The molecule has 6 heteroatoms. The van der Waals surface area contributed by atoms with Crippen LogP contribution in [0.25, 0.3) is 0 Å². The number of aliphatic carboxylic acids is 1. The van der Waals surface area contributed by atoms with Gasteiger partial charge in [0.15, 0.2) is 0 Å². The van der Waals surface area contributed by atoms with Crippen LogP contribution < -0.4 is 5.32 Å². The zero-order valence-corrected chi connectivity index (χ0v) is 9.58. The maximum Gasteiger partial charge on any atom is 0.307 e. The van der Waals surface area contributed by atoms with Crippen LogP contribution in [0.2, 0.25) is 0 Å². The van der Waals surface area contributed by atoms with Gasteiger partial charge in [-0.1, -0.05) is 0 Å². The molecular formula is C10H12N2O3S. The van der Waals surface area contributed by atoms with E-state index in [1.54, 1.807) is 5.51 Å². The van der Waals surface area contributed by atoms with Crippen LogP contribution in [0.5, 0.6) is 0 Å². The summed E-state index contributed by atoms with van der Waals surface area (Å²) in [7, 11) is 0. The lowest BCUT2D eigenvalue weighted by molar-refractivity contribution is -0.140. The summed E-state index contributed by atoms with van der Waals surface area (Å²) in [6.45, 7) is 2.33. The van der Waals surface area contributed by atoms with Crippen molar-refractivity contribution in [2.75, 3.05) is 0 Å². The molecule has 2 rings (SSSR count). The molecule has 2 N–H and O–H groups in total. The molecule has 1 aliphatic rings. The van der Waals surface area contributed by atoms with Gasteiger partial charge in [-0.2, -0.15) is 0 Å². The van der Waals surface area contributed by atoms with Gasteiger partial charge in [-0.15, -0.1) is 11.3 Å². The normalized spacial score (nSPS) is 22.8. The van der Waals surface area contributed by atoms with Crippen LogP contribution in [0.1, 0.15) is 17.0 Å². The Kier molecular flexibility index (Phi) is 2.91. The molecule has 16 heavy (non-hydrogen) atoms. The quantitative estimate of drug-likeness (QED) is 0.815. The fraction of sp³-hybridized carbons (Fsp3) is 0.500. The first kappa shape index (κ1) is 11.1. The SMILES string of the molecule is Cc1ncsc1CNC(=O)[C@@H]1C[C@@H]1C(=O)O. The van der Waals surface area contributed by atoms with Gasteiger partial charge in [0.05, 0.1) is 29.6 Å². The molecule has 1 amide bonds. The minimum atomic E-state index is -0.880. The average Bonchev–Trinajstić information content (AvgIpc) is 2.94. The van der Waals surface area contributed by atoms with Crippen LogP contribution in [-0.4, -0.2) is 22.0 Å². The van der Waals surface area contributed by atoms with Crippen molar-refractivity contribution in [2.24, 2.45) is 11.8 Å². The highest BCUT2D eigenvalue weighted by atomic mass is 32.1. The maximum absolute atomic E-state index is 11.5. The monoisotopic (exact) mass is 240 g/mol. The third-order valence-corrected chi connectivity index (χ3v) is 3.65. The minimum absolute atomic E-state index is 0.166. The van der Waals surface area contributed by atoms with Crippen LogP contribution in [0.4, 0.5) is 0 Å². The summed E-state index contributed by atoms with van der Waals surface area (Å²) in [5.41, 5.74) is 2.64. The molecule has 0 radical (unpaired) electrons. The first-order chi connectivity index (χ1) is 7.59. The molecule has 1 heterocycles. The number of carbonyl (C=O) groups excluding carboxylic acids is 1. The van der Waals surface area contributed by atoms with Crippen molar-refractivity contribution in [3.63, 3.8) is 0 Å². The van der Waals surface area contributed by atoms with Crippen LogP contribution in [-0.2, 0) is 16.1 Å². The number of rotatable bonds is 4. The van der Waals surface area contributed by atoms with Gasteiger partial charge in [0, 0.05) is 4.88 Å². The van der Waals surface area contributed by atoms with E-state index < -0.39 is 11.9 Å².